The van der Waals surface area contributed by atoms with Crippen LogP contribution in [0.2, 0.25) is 0 Å². The average Bonchev–Trinajstić information content (AvgIpc) is 3.13. The zero-order valence-electron chi connectivity index (χ0n) is 15.0. The number of halogens is 2. The summed E-state index contributed by atoms with van der Waals surface area (Å²) in [5, 5.41) is 0. The predicted octanol–water partition coefficient (Wildman–Crippen LogP) is 1.81. The van der Waals surface area contributed by atoms with E-state index in [0.717, 1.165) is 24.5 Å². The van der Waals surface area contributed by atoms with Gasteiger partial charge in [-0.2, -0.15) is 4.31 Å². The van der Waals surface area contributed by atoms with Gasteiger partial charge in [0.1, 0.15) is 17.7 Å². The van der Waals surface area contributed by atoms with Crippen LogP contribution in [-0.4, -0.2) is 61.2 Å². The Kier molecular flexibility index (Phi) is 5.62. The van der Waals surface area contributed by atoms with Crippen LogP contribution in [0.5, 0.6) is 0 Å². The van der Waals surface area contributed by atoms with E-state index in [9.17, 15) is 26.8 Å². The molecule has 2 aliphatic heterocycles. The largest absolute Gasteiger partial charge is 0.341 e. The van der Waals surface area contributed by atoms with E-state index in [1.165, 1.54) is 4.31 Å². The molecule has 0 bridgehead atoms. The summed E-state index contributed by atoms with van der Waals surface area (Å²) in [7, 11) is -3.45. The van der Waals surface area contributed by atoms with Gasteiger partial charge in [0, 0.05) is 25.6 Å². The normalized spacial score (nSPS) is 22.2. The van der Waals surface area contributed by atoms with E-state index < -0.39 is 39.4 Å². The molecule has 9 heteroatoms. The summed E-state index contributed by atoms with van der Waals surface area (Å²) >= 11 is 0. The van der Waals surface area contributed by atoms with Crippen LogP contribution in [0.3, 0.4) is 0 Å². The minimum atomic E-state index is -3.45. The van der Waals surface area contributed by atoms with Crippen LogP contribution in [0, 0.1) is 17.6 Å². The number of piperidine rings is 1. The highest BCUT2D eigenvalue weighted by atomic mass is 32.2. The van der Waals surface area contributed by atoms with E-state index in [4.69, 9.17) is 0 Å². The van der Waals surface area contributed by atoms with Crippen molar-refractivity contribution in [2.45, 2.75) is 31.7 Å². The third-order valence-corrected chi connectivity index (χ3v) is 6.58. The van der Waals surface area contributed by atoms with E-state index in [-0.39, 0.29) is 11.5 Å². The van der Waals surface area contributed by atoms with E-state index in [0.29, 0.717) is 45.3 Å². The van der Waals surface area contributed by atoms with Gasteiger partial charge in [-0.05, 0) is 43.9 Å². The highest BCUT2D eigenvalue weighted by molar-refractivity contribution is 7.88. The van der Waals surface area contributed by atoms with Crippen LogP contribution in [0.15, 0.2) is 18.2 Å². The number of nitrogens with zero attached hydrogens (tertiary/aromatic N) is 2. The van der Waals surface area contributed by atoms with Crippen molar-refractivity contribution >= 4 is 21.7 Å². The molecule has 0 radical (unpaired) electrons. The molecule has 0 N–H and O–H groups in total. The van der Waals surface area contributed by atoms with Gasteiger partial charge in [-0.15, -0.1) is 0 Å². The summed E-state index contributed by atoms with van der Waals surface area (Å²) in [6.07, 6.45) is 2.89. The van der Waals surface area contributed by atoms with Crippen molar-refractivity contribution in [1.82, 2.24) is 9.21 Å². The highest BCUT2D eigenvalue weighted by Crippen LogP contribution is 2.27. The molecule has 6 nitrogen and oxygen atoms in total. The summed E-state index contributed by atoms with van der Waals surface area (Å²) in [6.45, 7) is 0.920. The van der Waals surface area contributed by atoms with Crippen LogP contribution >= 0.6 is 0 Å². The topological polar surface area (TPSA) is 74.8 Å². The SMILES string of the molecule is CS(=O)(=O)N1CCCC1C(=O)N1CCC(C(=O)c2cc(F)ccc2F)CC1. The molecular formula is C18H22F2N2O4S. The van der Waals surface area contributed by atoms with Crippen molar-refractivity contribution in [3.8, 4) is 0 Å². The molecule has 2 fully saturated rings. The number of hydrogen-bond donors (Lipinski definition) is 0. The second kappa shape index (κ2) is 7.63. The zero-order valence-corrected chi connectivity index (χ0v) is 15.8. The molecule has 0 aliphatic carbocycles. The fraction of sp³-hybridized carbons (Fsp3) is 0.556. The number of carbonyl (C=O) groups excluding carboxylic acids is 2. The van der Waals surface area contributed by atoms with Crippen LogP contribution in [-0.2, 0) is 14.8 Å². The predicted molar refractivity (Wildman–Crippen MR) is 94.6 cm³/mol. The lowest BCUT2D eigenvalue weighted by atomic mass is 9.88. The summed E-state index contributed by atoms with van der Waals surface area (Å²) < 4.78 is 52.0. The minimum absolute atomic E-state index is 0.249. The second-order valence-corrected chi connectivity index (χ2v) is 9.05. The van der Waals surface area contributed by atoms with Gasteiger partial charge in [0.15, 0.2) is 5.78 Å². The fourth-order valence-electron chi connectivity index (χ4n) is 3.86. The second-order valence-electron chi connectivity index (χ2n) is 7.12. The maximum Gasteiger partial charge on any atom is 0.241 e. The number of Topliss-reactive ketones (excluding diaryl/α,β-unsaturated/α-hetero) is 1. The molecule has 0 aromatic heterocycles. The summed E-state index contributed by atoms with van der Waals surface area (Å²) in [5.74, 6) is -2.62. The van der Waals surface area contributed by atoms with Crippen molar-refractivity contribution in [3.63, 3.8) is 0 Å². The number of amides is 1. The Morgan fingerprint density at radius 1 is 1.07 bits per heavy atom. The molecule has 1 aromatic carbocycles. The maximum atomic E-state index is 13.8. The summed E-state index contributed by atoms with van der Waals surface area (Å²) in [6, 6.07) is 2.11. The standard InChI is InChI=1S/C18H22F2N2O4S/c1-27(25,26)22-8-2-3-16(22)18(24)21-9-6-12(7-10-21)17(23)14-11-13(19)4-5-15(14)20/h4-5,11-12,16H,2-3,6-10H2,1H3. The molecule has 2 saturated heterocycles. The van der Waals surface area contributed by atoms with Crippen LogP contribution in [0.4, 0.5) is 8.78 Å². The Hall–Kier alpha value is -1.87. The van der Waals surface area contributed by atoms with Gasteiger partial charge in [0.25, 0.3) is 0 Å². The van der Waals surface area contributed by atoms with Gasteiger partial charge in [0.2, 0.25) is 15.9 Å². The molecule has 148 valence electrons. The summed E-state index contributed by atoms with van der Waals surface area (Å²) in [5.41, 5.74) is -0.265. The Bertz CT molecular complexity index is 851. The van der Waals surface area contributed by atoms with Crippen LogP contribution < -0.4 is 0 Å². The molecule has 0 saturated carbocycles. The van der Waals surface area contributed by atoms with Gasteiger partial charge >= 0.3 is 0 Å². The number of hydrogen-bond acceptors (Lipinski definition) is 4. The molecule has 1 atom stereocenters. The third-order valence-electron chi connectivity index (χ3n) is 5.29. The monoisotopic (exact) mass is 400 g/mol. The Morgan fingerprint density at radius 3 is 2.37 bits per heavy atom. The molecule has 0 spiro atoms. The highest BCUT2D eigenvalue weighted by Gasteiger charge is 2.40. The van der Waals surface area contributed by atoms with Gasteiger partial charge in [-0.3, -0.25) is 9.59 Å². The van der Waals surface area contributed by atoms with Crippen molar-refractivity contribution < 1.29 is 26.8 Å². The first kappa shape index (κ1) is 19.9. The Labute approximate surface area is 157 Å². The van der Waals surface area contributed by atoms with E-state index in [1.807, 2.05) is 0 Å². The minimum Gasteiger partial charge on any atom is -0.341 e. The number of benzene rings is 1. The van der Waals surface area contributed by atoms with Gasteiger partial charge in [0.05, 0.1) is 11.8 Å². The van der Waals surface area contributed by atoms with Crippen molar-refractivity contribution in [3.05, 3.63) is 35.4 Å². The molecule has 1 aromatic rings. The first-order chi connectivity index (χ1) is 12.7. The zero-order chi connectivity index (χ0) is 19.8. The number of likely N-dealkylation sites (tertiary alicyclic amines) is 1. The molecule has 27 heavy (non-hydrogen) atoms. The van der Waals surface area contributed by atoms with Crippen LogP contribution in [0.1, 0.15) is 36.0 Å². The lowest BCUT2D eigenvalue weighted by molar-refractivity contribution is -0.135. The third kappa shape index (κ3) is 4.19. The van der Waals surface area contributed by atoms with E-state index in [2.05, 4.69) is 0 Å². The first-order valence-electron chi connectivity index (χ1n) is 8.93. The molecule has 2 heterocycles. The first-order valence-corrected chi connectivity index (χ1v) is 10.8. The van der Waals surface area contributed by atoms with Crippen LogP contribution in [0.25, 0.3) is 0 Å². The fourth-order valence-corrected chi connectivity index (χ4v) is 4.98. The maximum absolute atomic E-state index is 13.8. The number of sulfonamides is 1. The average molecular weight is 400 g/mol. The van der Waals surface area contributed by atoms with Crippen molar-refractivity contribution in [2.24, 2.45) is 5.92 Å². The molecule has 1 unspecified atom stereocenters. The molecule has 2 aliphatic rings. The number of rotatable bonds is 4. The van der Waals surface area contributed by atoms with Gasteiger partial charge in [-0.1, -0.05) is 0 Å². The van der Waals surface area contributed by atoms with Gasteiger partial charge < -0.3 is 4.90 Å². The Balaban J connectivity index is 1.64. The lowest BCUT2D eigenvalue weighted by Gasteiger charge is -2.34. The molecule has 3 rings (SSSR count). The molecular weight excluding hydrogens is 378 g/mol. The Morgan fingerprint density at radius 2 is 1.74 bits per heavy atom. The number of ketones is 1. The van der Waals surface area contributed by atoms with Crippen molar-refractivity contribution in [2.75, 3.05) is 25.9 Å². The smallest absolute Gasteiger partial charge is 0.241 e. The lowest BCUT2D eigenvalue weighted by Crippen LogP contribution is -2.50. The van der Waals surface area contributed by atoms with Crippen molar-refractivity contribution in [1.29, 1.82) is 0 Å². The van der Waals surface area contributed by atoms with Gasteiger partial charge in [-0.25, -0.2) is 17.2 Å². The number of carbonyl (C=O) groups is 2. The molecule has 1 amide bonds. The quantitative estimate of drug-likeness (QED) is 0.723. The van der Waals surface area contributed by atoms with E-state index in [1.54, 1.807) is 4.90 Å². The van der Waals surface area contributed by atoms with E-state index >= 15 is 0 Å². The summed E-state index contributed by atoms with van der Waals surface area (Å²) in [4.78, 5) is 26.8.